The molecule has 1 aromatic heterocycles. The smallest absolute Gasteiger partial charge is 0.229 e. The number of hydrogen-bond donors (Lipinski definition) is 0. The highest BCUT2D eigenvalue weighted by molar-refractivity contribution is 7.99. The van der Waals surface area contributed by atoms with Crippen LogP contribution in [0, 0.1) is 13.8 Å². The second-order valence-electron chi connectivity index (χ2n) is 7.65. The van der Waals surface area contributed by atoms with Crippen molar-refractivity contribution in [1.29, 1.82) is 0 Å². The molecule has 31 heavy (non-hydrogen) atoms. The highest BCUT2D eigenvalue weighted by Crippen LogP contribution is 2.32. The van der Waals surface area contributed by atoms with E-state index >= 15 is 0 Å². The minimum Gasteiger partial charge on any atom is -0.284 e. The quantitative estimate of drug-likeness (QED) is 0.215. The maximum atomic E-state index is 13.2. The molecular weight excluding hydrogens is 420 g/mol. The predicted molar refractivity (Wildman–Crippen MR) is 133 cm³/mol. The minimum atomic E-state index is 0.130. The van der Waals surface area contributed by atoms with Crippen LogP contribution >= 0.6 is 23.1 Å². The molecule has 0 fully saturated rings. The monoisotopic (exact) mass is 446 g/mol. The molecule has 158 valence electrons. The Labute approximate surface area is 192 Å². The van der Waals surface area contributed by atoms with Crippen molar-refractivity contribution < 1.29 is 4.79 Å². The van der Waals surface area contributed by atoms with Crippen molar-refractivity contribution in [2.45, 2.75) is 38.1 Å². The van der Waals surface area contributed by atoms with Gasteiger partial charge in [0.15, 0.2) is 5.13 Å². The van der Waals surface area contributed by atoms with Crippen LogP contribution < -0.4 is 4.90 Å². The molecule has 0 saturated carbocycles. The third-order valence-electron chi connectivity index (χ3n) is 5.15. The maximum absolute atomic E-state index is 13.2. The predicted octanol–water partition coefficient (Wildman–Crippen LogP) is 7.02. The number of aryl methyl sites for hydroxylation is 2. The molecule has 1 heterocycles. The topological polar surface area (TPSA) is 33.2 Å². The Morgan fingerprint density at radius 3 is 2.48 bits per heavy atom. The van der Waals surface area contributed by atoms with Gasteiger partial charge in [0.1, 0.15) is 0 Å². The summed E-state index contributed by atoms with van der Waals surface area (Å²) in [5.74, 6) is 1.05. The van der Waals surface area contributed by atoms with Crippen LogP contribution in [0.1, 0.15) is 29.5 Å². The average molecular weight is 447 g/mol. The fourth-order valence-electron chi connectivity index (χ4n) is 3.40. The van der Waals surface area contributed by atoms with E-state index in [1.807, 2.05) is 29.2 Å². The Kier molecular flexibility index (Phi) is 7.05. The molecule has 4 rings (SSSR count). The highest BCUT2D eigenvalue weighted by Gasteiger charge is 2.20. The van der Waals surface area contributed by atoms with E-state index in [-0.39, 0.29) is 5.91 Å². The van der Waals surface area contributed by atoms with Crippen LogP contribution in [0.3, 0.4) is 0 Å². The number of nitrogens with zero attached hydrogens (tertiary/aromatic N) is 2. The number of amides is 1. The van der Waals surface area contributed by atoms with Gasteiger partial charge in [-0.2, -0.15) is 0 Å². The summed E-state index contributed by atoms with van der Waals surface area (Å²) in [4.78, 5) is 21.2. The molecule has 3 aromatic carbocycles. The number of rotatable bonds is 8. The van der Waals surface area contributed by atoms with E-state index < -0.39 is 0 Å². The van der Waals surface area contributed by atoms with Crippen LogP contribution in [0.15, 0.2) is 77.7 Å². The summed E-state index contributed by atoms with van der Waals surface area (Å²) in [5, 5.41) is 0.782. The first-order valence-electron chi connectivity index (χ1n) is 10.5. The van der Waals surface area contributed by atoms with Crippen LogP contribution in [0.25, 0.3) is 10.2 Å². The van der Waals surface area contributed by atoms with Crippen molar-refractivity contribution >= 4 is 44.4 Å². The third kappa shape index (κ3) is 5.54. The number of thioether (sulfide) groups is 1. The number of benzene rings is 3. The zero-order chi connectivity index (χ0) is 21.6. The molecule has 0 unspecified atom stereocenters. The van der Waals surface area contributed by atoms with Gasteiger partial charge in [0.2, 0.25) is 5.91 Å². The molecule has 3 nitrogen and oxygen atoms in total. The fraction of sp³-hybridized carbons (Fsp3) is 0.231. The molecule has 0 aliphatic carbocycles. The zero-order valence-corrected chi connectivity index (χ0v) is 19.5. The van der Waals surface area contributed by atoms with Crippen molar-refractivity contribution in [3.05, 3.63) is 89.5 Å². The van der Waals surface area contributed by atoms with E-state index in [2.05, 4.69) is 62.4 Å². The molecule has 0 aliphatic heterocycles. The summed E-state index contributed by atoms with van der Waals surface area (Å²) in [5.41, 5.74) is 4.51. The SMILES string of the molecule is Cc1ccc(SCCCC(=O)N(Cc2ccccc2)c2nc3c(C)cccc3s2)cc1. The molecule has 0 radical (unpaired) electrons. The third-order valence-corrected chi connectivity index (χ3v) is 7.29. The number of aromatic nitrogens is 1. The summed E-state index contributed by atoms with van der Waals surface area (Å²) in [6, 6.07) is 24.9. The lowest BCUT2D eigenvalue weighted by molar-refractivity contribution is -0.118. The van der Waals surface area contributed by atoms with Gasteiger partial charge in [-0.05, 0) is 55.3 Å². The normalized spacial score (nSPS) is 11.0. The van der Waals surface area contributed by atoms with E-state index in [4.69, 9.17) is 4.98 Å². The Hall–Kier alpha value is -2.63. The molecule has 0 bridgehead atoms. The van der Waals surface area contributed by atoms with E-state index in [0.29, 0.717) is 13.0 Å². The lowest BCUT2D eigenvalue weighted by Gasteiger charge is -2.20. The lowest BCUT2D eigenvalue weighted by Crippen LogP contribution is -2.30. The first kappa shape index (κ1) is 21.6. The summed E-state index contributed by atoms with van der Waals surface area (Å²) < 4.78 is 1.12. The average Bonchev–Trinajstić information content (AvgIpc) is 3.22. The van der Waals surface area contributed by atoms with Crippen molar-refractivity contribution in [3.63, 3.8) is 0 Å². The number of para-hydroxylation sites is 1. The number of hydrogen-bond acceptors (Lipinski definition) is 4. The van der Waals surface area contributed by atoms with Crippen LogP contribution in [-0.4, -0.2) is 16.6 Å². The molecule has 5 heteroatoms. The molecule has 0 aliphatic rings. The standard InChI is InChI=1S/C26H26N2OS2/c1-19-13-15-22(16-14-19)30-17-7-12-24(29)28(18-21-9-4-3-5-10-21)26-27-25-20(2)8-6-11-23(25)31-26/h3-6,8-11,13-16H,7,12,17-18H2,1-2H3. The van der Waals surface area contributed by atoms with Gasteiger partial charge in [-0.15, -0.1) is 11.8 Å². The van der Waals surface area contributed by atoms with Crippen LogP contribution in [0.4, 0.5) is 5.13 Å². The second kappa shape index (κ2) is 10.1. The lowest BCUT2D eigenvalue weighted by atomic mass is 10.2. The summed E-state index contributed by atoms with van der Waals surface area (Å²) in [6.45, 7) is 4.71. The molecule has 0 saturated heterocycles. The van der Waals surface area contributed by atoms with Gasteiger partial charge in [-0.1, -0.05) is 71.5 Å². The Morgan fingerprint density at radius 1 is 0.968 bits per heavy atom. The number of carbonyl (C=O) groups is 1. The summed E-state index contributed by atoms with van der Waals surface area (Å²) in [6.07, 6.45) is 1.35. The van der Waals surface area contributed by atoms with Gasteiger partial charge in [0.25, 0.3) is 0 Å². The summed E-state index contributed by atoms with van der Waals surface area (Å²) >= 11 is 3.40. The Bertz CT molecular complexity index is 1150. The van der Waals surface area contributed by atoms with E-state index in [9.17, 15) is 4.79 Å². The highest BCUT2D eigenvalue weighted by atomic mass is 32.2. The number of carbonyl (C=O) groups excluding carboxylic acids is 1. The fourth-order valence-corrected chi connectivity index (χ4v) is 5.31. The van der Waals surface area contributed by atoms with Crippen LogP contribution in [0.2, 0.25) is 0 Å². The van der Waals surface area contributed by atoms with Crippen molar-refractivity contribution in [1.82, 2.24) is 4.98 Å². The molecule has 4 aromatic rings. The van der Waals surface area contributed by atoms with Gasteiger partial charge in [-0.3, -0.25) is 9.69 Å². The van der Waals surface area contributed by atoms with E-state index in [1.165, 1.54) is 10.5 Å². The Balaban J connectivity index is 1.47. The van der Waals surface area contributed by atoms with Crippen molar-refractivity contribution in [2.75, 3.05) is 10.7 Å². The molecule has 0 spiro atoms. The van der Waals surface area contributed by atoms with E-state index in [0.717, 1.165) is 38.6 Å². The zero-order valence-electron chi connectivity index (χ0n) is 17.9. The number of fused-ring (bicyclic) bond motifs is 1. The largest absolute Gasteiger partial charge is 0.284 e. The molecule has 1 amide bonds. The van der Waals surface area contributed by atoms with Crippen LogP contribution in [-0.2, 0) is 11.3 Å². The van der Waals surface area contributed by atoms with E-state index in [1.54, 1.807) is 23.1 Å². The second-order valence-corrected chi connectivity index (χ2v) is 9.83. The summed E-state index contributed by atoms with van der Waals surface area (Å²) in [7, 11) is 0. The van der Waals surface area contributed by atoms with Crippen LogP contribution in [0.5, 0.6) is 0 Å². The van der Waals surface area contributed by atoms with Gasteiger partial charge in [0, 0.05) is 11.3 Å². The van der Waals surface area contributed by atoms with Crippen molar-refractivity contribution in [2.24, 2.45) is 0 Å². The first-order valence-corrected chi connectivity index (χ1v) is 12.3. The number of thiazole rings is 1. The maximum Gasteiger partial charge on any atom is 0.229 e. The molecular formula is C26H26N2OS2. The molecule has 0 atom stereocenters. The van der Waals surface area contributed by atoms with Crippen molar-refractivity contribution in [3.8, 4) is 0 Å². The van der Waals surface area contributed by atoms with Gasteiger partial charge in [0.05, 0.1) is 16.8 Å². The van der Waals surface area contributed by atoms with Gasteiger partial charge in [-0.25, -0.2) is 4.98 Å². The molecule has 0 N–H and O–H groups in total. The minimum absolute atomic E-state index is 0.130. The first-order chi connectivity index (χ1) is 15.1. The van der Waals surface area contributed by atoms with Gasteiger partial charge >= 0.3 is 0 Å². The Morgan fingerprint density at radius 2 is 1.74 bits per heavy atom. The van der Waals surface area contributed by atoms with Gasteiger partial charge < -0.3 is 0 Å². The number of anilines is 1.